The predicted octanol–water partition coefficient (Wildman–Crippen LogP) is 5.28. The smallest absolute Gasteiger partial charge is 0.255 e. The number of carbonyl (C=O) groups is 1. The lowest BCUT2D eigenvalue weighted by atomic mass is 9.89. The van der Waals surface area contributed by atoms with Gasteiger partial charge >= 0.3 is 0 Å². The van der Waals surface area contributed by atoms with Crippen LogP contribution in [0, 0.1) is 6.92 Å². The molecule has 4 nitrogen and oxygen atoms in total. The van der Waals surface area contributed by atoms with Crippen molar-refractivity contribution in [2.24, 2.45) is 0 Å². The van der Waals surface area contributed by atoms with Gasteiger partial charge in [0.1, 0.15) is 5.01 Å². The minimum Gasteiger partial charge on any atom is -0.322 e. The van der Waals surface area contributed by atoms with Gasteiger partial charge in [-0.05, 0) is 53.9 Å². The molecule has 0 fully saturated rings. The average molecular weight is 385 g/mol. The van der Waals surface area contributed by atoms with Gasteiger partial charge in [-0.3, -0.25) is 9.78 Å². The van der Waals surface area contributed by atoms with Crippen LogP contribution in [-0.2, 0) is 0 Å². The normalized spacial score (nSPS) is 11.8. The molecule has 2 aromatic heterocycles. The molecule has 138 valence electrons. The first-order chi connectivity index (χ1) is 13.7. The van der Waals surface area contributed by atoms with Crippen LogP contribution in [0.25, 0.3) is 0 Å². The Balaban J connectivity index is 1.72. The number of hydrogen-bond donors (Lipinski definition) is 1. The second-order valence-electron chi connectivity index (χ2n) is 6.48. The molecule has 0 spiro atoms. The summed E-state index contributed by atoms with van der Waals surface area (Å²) in [6.07, 6.45) is 5.46. The summed E-state index contributed by atoms with van der Waals surface area (Å²) in [5.74, 6) is -0.148. The molecule has 0 radical (unpaired) electrons. The van der Waals surface area contributed by atoms with Crippen LogP contribution in [0.15, 0.2) is 84.6 Å². The molecule has 1 atom stereocenters. The van der Waals surface area contributed by atoms with E-state index in [1.54, 1.807) is 29.7 Å². The molecular formula is C23H19N3OS. The highest BCUT2D eigenvalue weighted by Gasteiger charge is 2.22. The van der Waals surface area contributed by atoms with Gasteiger partial charge in [0.15, 0.2) is 0 Å². The maximum atomic E-state index is 12.5. The van der Waals surface area contributed by atoms with E-state index in [4.69, 9.17) is 0 Å². The van der Waals surface area contributed by atoms with Crippen LogP contribution >= 0.6 is 11.3 Å². The largest absolute Gasteiger partial charge is 0.322 e. The number of hydrogen-bond acceptors (Lipinski definition) is 4. The number of aryl methyl sites for hydroxylation is 1. The summed E-state index contributed by atoms with van der Waals surface area (Å²) in [6.45, 7) is 2.08. The van der Waals surface area contributed by atoms with Crippen molar-refractivity contribution in [1.29, 1.82) is 0 Å². The Morgan fingerprint density at radius 1 is 1.04 bits per heavy atom. The van der Waals surface area contributed by atoms with Gasteiger partial charge in [0.05, 0.1) is 5.92 Å². The molecule has 0 saturated carbocycles. The van der Waals surface area contributed by atoms with Gasteiger partial charge < -0.3 is 5.32 Å². The summed E-state index contributed by atoms with van der Waals surface area (Å²) in [7, 11) is 0. The molecule has 4 rings (SSSR count). The van der Waals surface area contributed by atoms with Gasteiger partial charge in [-0.2, -0.15) is 0 Å². The number of thiazole rings is 1. The fraction of sp³-hybridized carbons (Fsp3) is 0.0870. The quantitative estimate of drug-likeness (QED) is 0.508. The highest BCUT2D eigenvalue weighted by molar-refractivity contribution is 7.09. The van der Waals surface area contributed by atoms with Crippen molar-refractivity contribution in [3.63, 3.8) is 0 Å². The average Bonchev–Trinajstić information content (AvgIpc) is 3.26. The van der Waals surface area contributed by atoms with E-state index in [0.29, 0.717) is 5.56 Å². The maximum absolute atomic E-state index is 12.5. The number of anilines is 1. The van der Waals surface area contributed by atoms with Crippen LogP contribution in [0.4, 0.5) is 5.69 Å². The Kier molecular flexibility index (Phi) is 5.26. The first kappa shape index (κ1) is 18.1. The highest BCUT2D eigenvalue weighted by Crippen LogP contribution is 2.35. The van der Waals surface area contributed by atoms with Crippen LogP contribution in [-0.4, -0.2) is 15.9 Å². The second kappa shape index (κ2) is 8.15. The van der Waals surface area contributed by atoms with E-state index < -0.39 is 0 Å². The molecule has 28 heavy (non-hydrogen) atoms. The number of amides is 1. The SMILES string of the molecule is Cc1ccc(NC(=O)c2ccccc2)cc1C(c1cccnc1)c1nccs1. The van der Waals surface area contributed by atoms with E-state index in [-0.39, 0.29) is 11.8 Å². The molecule has 5 heteroatoms. The summed E-state index contributed by atoms with van der Waals surface area (Å²) in [5.41, 5.74) is 4.72. The van der Waals surface area contributed by atoms with Gasteiger partial charge in [0.2, 0.25) is 0 Å². The lowest BCUT2D eigenvalue weighted by Crippen LogP contribution is -2.13. The molecule has 0 bridgehead atoms. The van der Waals surface area contributed by atoms with E-state index >= 15 is 0 Å². The third kappa shape index (κ3) is 3.85. The van der Waals surface area contributed by atoms with E-state index in [1.165, 1.54) is 0 Å². The highest BCUT2D eigenvalue weighted by atomic mass is 32.1. The zero-order valence-corrected chi connectivity index (χ0v) is 16.2. The van der Waals surface area contributed by atoms with Crippen molar-refractivity contribution in [3.8, 4) is 0 Å². The number of rotatable bonds is 5. The van der Waals surface area contributed by atoms with E-state index in [0.717, 1.165) is 27.4 Å². The molecule has 2 heterocycles. The lowest BCUT2D eigenvalue weighted by molar-refractivity contribution is 0.102. The summed E-state index contributed by atoms with van der Waals surface area (Å²) in [4.78, 5) is 21.4. The van der Waals surface area contributed by atoms with Crippen molar-refractivity contribution in [2.45, 2.75) is 12.8 Å². The van der Waals surface area contributed by atoms with Crippen LogP contribution in [0.2, 0.25) is 0 Å². The first-order valence-corrected chi connectivity index (χ1v) is 9.86. The topological polar surface area (TPSA) is 54.9 Å². The Morgan fingerprint density at radius 3 is 2.61 bits per heavy atom. The monoisotopic (exact) mass is 385 g/mol. The molecule has 1 unspecified atom stereocenters. The summed E-state index contributed by atoms with van der Waals surface area (Å²) >= 11 is 1.62. The molecular weight excluding hydrogens is 366 g/mol. The summed E-state index contributed by atoms with van der Waals surface area (Å²) in [6, 6.07) is 19.2. The molecule has 1 amide bonds. The van der Waals surface area contributed by atoms with Crippen molar-refractivity contribution < 1.29 is 4.79 Å². The third-order valence-electron chi connectivity index (χ3n) is 4.60. The Hall–Kier alpha value is -3.31. The van der Waals surface area contributed by atoms with E-state index in [2.05, 4.69) is 28.3 Å². The van der Waals surface area contributed by atoms with Crippen molar-refractivity contribution in [2.75, 3.05) is 5.32 Å². The van der Waals surface area contributed by atoms with Crippen LogP contribution in [0.1, 0.15) is 38.0 Å². The number of nitrogens with zero attached hydrogens (tertiary/aromatic N) is 2. The minimum atomic E-state index is -0.123. The van der Waals surface area contributed by atoms with Crippen LogP contribution in [0.3, 0.4) is 0 Å². The molecule has 0 aliphatic carbocycles. The lowest BCUT2D eigenvalue weighted by Gasteiger charge is -2.19. The standard InChI is InChI=1S/C23H19N3OS/c1-16-9-10-19(26-22(27)17-6-3-2-4-7-17)14-20(16)21(23-25-12-13-28-23)18-8-5-11-24-15-18/h2-15,21H,1H3,(H,26,27). The molecule has 2 aromatic carbocycles. The summed E-state index contributed by atoms with van der Waals surface area (Å²) in [5, 5.41) is 5.99. The Bertz CT molecular complexity index is 1060. The number of carbonyl (C=O) groups excluding carboxylic acids is 1. The Labute approximate surface area is 167 Å². The fourth-order valence-corrected chi connectivity index (χ4v) is 3.98. The number of benzene rings is 2. The predicted molar refractivity (Wildman–Crippen MR) is 113 cm³/mol. The van der Waals surface area contributed by atoms with Crippen LogP contribution < -0.4 is 5.32 Å². The molecule has 4 aromatic rings. The zero-order valence-electron chi connectivity index (χ0n) is 15.4. The first-order valence-electron chi connectivity index (χ1n) is 8.98. The van der Waals surface area contributed by atoms with Gasteiger partial charge in [0.25, 0.3) is 5.91 Å². The molecule has 0 aliphatic rings. The summed E-state index contributed by atoms with van der Waals surface area (Å²) < 4.78 is 0. The van der Waals surface area contributed by atoms with Crippen molar-refractivity contribution in [1.82, 2.24) is 9.97 Å². The minimum absolute atomic E-state index is 0.0257. The van der Waals surface area contributed by atoms with Crippen LogP contribution in [0.5, 0.6) is 0 Å². The number of nitrogens with one attached hydrogen (secondary N) is 1. The molecule has 0 aliphatic heterocycles. The van der Waals surface area contributed by atoms with E-state index in [9.17, 15) is 4.79 Å². The zero-order chi connectivity index (χ0) is 19.3. The van der Waals surface area contributed by atoms with E-state index in [1.807, 2.05) is 60.2 Å². The van der Waals surface area contributed by atoms with Gasteiger partial charge in [0, 0.05) is 35.2 Å². The molecule has 1 N–H and O–H groups in total. The third-order valence-corrected chi connectivity index (χ3v) is 5.44. The van der Waals surface area contributed by atoms with Gasteiger partial charge in [-0.15, -0.1) is 11.3 Å². The maximum Gasteiger partial charge on any atom is 0.255 e. The fourth-order valence-electron chi connectivity index (χ4n) is 3.20. The molecule has 0 saturated heterocycles. The second-order valence-corrected chi connectivity index (χ2v) is 7.41. The van der Waals surface area contributed by atoms with Gasteiger partial charge in [-0.1, -0.05) is 30.3 Å². The van der Waals surface area contributed by atoms with Gasteiger partial charge in [-0.25, -0.2) is 4.98 Å². The Morgan fingerprint density at radius 2 is 1.89 bits per heavy atom. The number of aromatic nitrogens is 2. The van der Waals surface area contributed by atoms with Crippen molar-refractivity contribution >= 4 is 22.9 Å². The number of pyridine rings is 1. The van der Waals surface area contributed by atoms with Crippen molar-refractivity contribution in [3.05, 3.63) is 112 Å².